The molecule has 0 aromatic rings. The van der Waals surface area contributed by atoms with Crippen molar-refractivity contribution >= 4 is 9.05 Å². The van der Waals surface area contributed by atoms with Crippen molar-refractivity contribution in [3.63, 3.8) is 0 Å². The van der Waals surface area contributed by atoms with Gasteiger partial charge in [-0.15, -0.1) is 0 Å². The Morgan fingerprint density at radius 2 is 1.62 bits per heavy atom. The topological polar surface area (TPSA) is 77.4 Å². The molecule has 98 valence electrons. The molecule has 0 aliphatic rings. The summed E-state index contributed by atoms with van der Waals surface area (Å²) in [6.45, 7) is 1.62. The highest BCUT2D eigenvalue weighted by atomic mass is 28.4. The molecule has 0 aromatic heterocycles. The molecule has 0 heterocycles. The fourth-order valence-electron chi connectivity index (χ4n) is 1.27. The lowest BCUT2D eigenvalue weighted by molar-refractivity contribution is -0.0407. The highest BCUT2D eigenvalue weighted by Gasteiger charge is 2.44. The Bertz CT molecular complexity index is 167. The van der Waals surface area contributed by atoms with Gasteiger partial charge in [0.15, 0.2) is 0 Å². The maximum atomic E-state index is 9.34. The molecule has 0 aromatic carbocycles. The first-order valence-corrected chi connectivity index (χ1v) is 6.82. The van der Waals surface area contributed by atoms with Crippen molar-refractivity contribution in [2.75, 3.05) is 27.9 Å². The summed E-state index contributed by atoms with van der Waals surface area (Å²) in [4.78, 5) is 0. The molecule has 0 bridgehead atoms. The molecule has 0 rings (SSSR count). The molecule has 2 unspecified atom stereocenters. The lowest BCUT2D eigenvalue weighted by Gasteiger charge is -2.28. The second-order valence-electron chi connectivity index (χ2n) is 3.33. The monoisotopic (exact) mass is 254 g/mol. The second-order valence-corrected chi connectivity index (χ2v) is 5.79. The van der Waals surface area contributed by atoms with Crippen molar-refractivity contribution in [3.8, 4) is 0 Å². The summed E-state index contributed by atoms with van der Waals surface area (Å²) in [6, 6.07) is 0. The minimum absolute atomic E-state index is 0.270. The average Bonchev–Trinajstić information content (AvgIpc) is 2.34. The highest BCUT2D eigenvalue weighted by Crippen LogP contribution is 2.16. The van der Waals surface area contributed by atoms with Crippen molar-refractivity contribution < 1.29 is 27.9 Å². The predicted octanol–water partition coefficient (Wildman–Crippen LogP) is -0.100. The highest BCUT2D eigenvalue weighted by molar-refractivity contribution is 6.53. The molecule has 2 atom stereocenters. The first-order valence-electron chi connectivity index (χ1n) is 5.19. The lowest BCUT2D eigenvalue weighted by Crippen LogP contribution is -2.49. The van der Waals surface area contributed by atoms with Crippen LogP contribution in [0.2, 0.25) is 0 Å². The van der Waals surface area contributed by atoms with Crippen LogP contribution in [0, 0.1) is 0 Å². The number of aliphatic hydroxyl groups excluding tert-OH is 2. The molecule has 0 spiro atoms. The van der Waals surface area contributed by atoms with E-state index in [4.69, 9.17) is 22.8 Å². The van der Waals surface area contributed by atoms with Crippen molar-refractivity contribution in [2.24, 2.45) is 0 Å². The zero-order chi connectivity index (χ0) is 12.6. The van der Waals surface area contributed by atoms with E-state index in [1.165, 1.54) is 21.3 Å². The van der Waals surface area contributed by atoms with Gasteiger partial charge in [-0.25, -0.2) is 0 Å². The molecule has 0 radical (unpaired) electrons. The standard InChI is InChI=1S/C9H22O6Si/c1-5-9(6-8(11)7-10)15-16(12-2,13-3)14-4/h8-11H,5-7H2,1-4H3. The minimum atomic E-state index is -3.07. The van der Waals surface area contributed by atoms with E-state index in [2.05, 4.69) is 0 Å². The van der Waals surface area contributed by atoms with Gasteiger partial charge in [0, 0.05) is 27.8 Å². The van der Waals surface area contributed by atoms with Crippen molar-refractivity contribution in [2.45, 2.75) is 32.0 Å². The maximum Gasteiger partial charge on any atom is 0.679 e. The number of aliphatic hydroxyl groups is 2. The SMILES string of the molecule is CCC(CC(O)CO)O[Si](OC)(OC)OC. The first kappa shape index (κ1) is 16.0. The van der Waals surface area contributed by atoms with Crippen LogP contribution < -0.4 is 0 Å². The molecule has 7 heteroatoms. The third-order valence-corrected chi connectivity index (χ3v) is 4.38. The van der Waals surface area contributed by atoms with Gasteiger partial charge in [0.2, 0.25) is 0 Å². The second kappa shape index (κ2) is 8.12. The fraction of sp³-hybridized carbons (Fsp3) is 1.00. The van der Waals surface area contributed by atoms with Crippen LogP contribution in [-0.2, 0) is 17.7 Å². The van der Waals surface area contributed by atoms with Crippen molar-refractivity contribution in [1.82, 2.24) is 0 Å². The van der Waals surface area contributed by atoms with Crippen LogP contribution in [0.1, 0.15) is 19.8 Å². The Kier molecular flexibility index (Phi) is 8.11. The molecule has 0 saturated carbocycles. The van der Waals surface area contributed by atoms with E-state index in [0.29, 0.717) is 12.8 Å². The van der Waals surface area contributed by atoms with E-state index in [-0.39, 0.29) is 12.7 Å². The number of rotatable bonds is 9. The van der Waals surface area contributed by atoms with Gasteiger partial charge >= 0.3 is 9.05 Å². The van der Waals surface area contributed by atoms with Gasteiger partial charge in [-0.2, -0.15) is 0 Å². The predicted molar refractivity (Wildman–Crippen MR) is 59.7 cm³/mol. The molecule has 6 nitrogen and oxygen atoms in total. The average molecular weight is 254 g/mol. The summed E-state index contributed by atoms with van der Waals surface area (Å²) in [5.74, 6) is 0. The largest absolute Gasteiger partial charge is 0.679 e. The van der Waals surface area contributed by atoms with Crippen LogP contribution in [0.25, 0.3) is 0 Å². The Hall–Kier alpha value is -0.0231. The van der Waals surface area contributed by atoms with Crippen molar-refractivity contribution in [3.05, 3.63) is 0 Å². The molecule has 16 heavy (non-hydrogen) atoms. The minimum Gasteiger partial charge on any atom is -0.394 e. The van der Waals surface area contributed by atoms with Gasteiger partial charge in [-0.05, 0) is 6.42 Å². The summed E-state index contributed by atoms with van der Waals surface area (Å²) in [5, 5.41) is 18.1. The van der Waals surface area contributed by atoms with Crippen LogP contribution in [0.15, 0.2) is 0 Å². The summed E-state index contributed by atoms with van der Waals surface area (Å²) >= 11 is 0. The zero-order valence-corrected chi connectivity index (χ0v) is 11.3. The first-order chi connectivity index (χ1) is 7.57. The van der Waals surface area contributed by atoms with E-state index < -0.39 is 15.2 Å². The molecular weight excluding hydrogens is 232 g/mol. The van der Waals surface area contributed by atoms with Crippen LogP contribution in [0.5, 0.6) is 0 Å². The maximum absolute atomic E-state index is 9.34. The lowest BCUT2D eigenvalue weighted by atomic mass is 10.1. The van der Waals surface area contributed by atoms with E-state index in [1.54, 1.807) is 0 Å². The summed E-state index contributed by atoms with van der Waals surface area (Å²) in [7, 11) is 1.28. The van der Waals surface area contributed by atoms with E-state index >= 15 is 0 Å². The van der Waals surface area contributed by atoms with Crippen LogP contribution in [0.4, 0.5) is 0 Å². The summed E-state index contributed by atoms with van der Waals surface area (Å²) in [6.07, 6.45) is -0.0874. The molecule has 0 aliphatic heterocycles. The smallest absolute Gasteiger partial charge is 0.394 e. The van der Waals surface area contributed by atoms with Gasteiger partial charge in [0.05, 0.1) is 18.8 Å². The quantitative estimate of drug-likeness (QED) is 0.560. The Labute approximate surface area is 97.6 Å². The Balaban J connectivity index is 4.37. The van der Waals surface area contributed by atoms with Gasteiger partial charge < -0.3 is 27.9 Å². The molecule has 2 N–H and O–H groups in total. The molecule has 0 aliphatic carbocycles. The Morgan fingerprint density at radius 3 is 1.94 bits per heavy atom. The zero-order valence-electron chi connectivity index (χ0n) is 10.3. The third-order valence-electron chi connectivity index (χ3n) is 2.26. The molecule has 0 saturated heterocycles. The Morgan fingerprint density at radius 1 is 1.12 bits per heavy atom. The van der Waals surface area contributed by atoms with Gasteiger partial charge in [-0.1, -0.05) is 6.92 Å². The van der Waals surface area contributed by atoms with E-state index in [0.717, 1.165) is 0 Å². The summed E-state index contributed by atoms with van der Waals surface area (Å²) in [5.41, 5.74) is 0. The van der Waals surface area contributed by atoms with E-state index in [1.807, 2.05) is 6.92 Å². The van der Waals surface area contributed by atoms with Crippen molar-refractivity contribution in [1.29, 1.82) is 0 Å². The third kappa shape index (κ3) is 4.87. The summed E-state index contributed by atoms with van der Waals surface area (Å²) < 4.78 is 20.9. The van der Waals surface area contributed by atoms with Gasteiger partial charge in [-0.3, -0.25) is 0 Å². The number of hydrogen-bond acceptors (Lipinski definition) is 6. The van der Waals surface area contributed by atoms with Crippen LogP contribution in [-0.4, -0.2) is 59.4 Å². The van der Waals surface area contributed by atoms with Crippen LogP contribution >= 0.6 is 0 Å². The van der Waals surface area contributed by atoms with E-state index in [9.17, 15) is 5.11 Å². The fourth-order valence-corrected chi connectivity index (χ4v) is 2.73. The normalized spacial score (nSPS) is 16.1. The van der Waals surface area contributed by atoms with Gasteiger partial charge in [0.25, 0.3) is 0 Å². The molecular formula is C9H22O6Si. The number of hydrogen-bond donors (Lipinski definition) is 2. The molecule has 0 amide bonds. The molecule has 0 fully saturated rings. The van der Waals surface area contributed by atoms with Gasteiger partial charge in [0.1, 0.15) is 0 Å². The van der Waals surface area contributed by atoms with Crippen LogP contribution in [0.3, 0.4) is 0 Å².